The number of fused-ring (bicyclic) bond motifs is 2. The molecule has 3 aromatic carbocycles. The molecule has 1 aliphatic rings. The normalized spacial score (nSPS) is 11.5. The standard InChI is InChI=1S/C21H16N2O6/c1-22-20(26)12-6-13(21(27)28)19-18(9-12)29-17-5-3-10(7-14(17)23-19)11-2-4-15(24)16(25)8-11/h2-9,23-25H,1H3,(H,22,26)(H,27,28). The fraction of sp³-hybridized carbons (Fsp3) is 0.0476. The van der Waals surface area contributed by atoms with Crippen LogP contribution in [0.4, 0.5) is 11.4 Å². The van der Waals surface area contributed by atoms with Crippen LogP contribution in [-0.2, 0) is 0 Å². The van der Waals surface area contributed by atoms with Crippen LogP contribution in [0.2, 0.25) is 0 Å². The molecular formula is C21H16N2O6. The SMILES string of the molecule is CNC(=O)c1cc2c(c(C(=O)O)c1)Nc1cc(-c3ccc(O)c(O)c3)ccc1O2. The predicted molar refractivity (Wildman–Crippen MR) is 105 cm³/mol. The van der Waals surface area contributed by atoms with Gasteiger partial charge in [0.25, 0.3) is 5.91 Å². The summed E-state index contributed by atoms with van der Waals surface area (Å²) in [5.74, 6) is -1.41. The number of aromatic carboxylic acids is 1. The largest absolute Gasteiger partial charge is 0.504 e. The Hall–Kier alpha value is -4.20. The number of rotatable bonds is 3. The van der Waals surface area contributed by atoms with Crippen LogP contribution in [0.1, 0.15) is 20.7 Å². The van der Waals surface area contributed by atoms with Crippen LogP contribution in [0.15, 0.2) is 48.5 Å². The second-order valence-electron chi connectivity index (χ2n) is 6.42. The lowest BCUT2D eigenvalue weighted by molar-refractivity contribution is 0.0697. The van der Waals surface area contributed by atoms with Gasteiger partial charge < -0.3 is 30.7 Å². The Labute approximate surface area is 165 Å². The first kappa shape index (κ1) is 18.2. The van der Waals surface area contributed by atoms with Crippen molar-refractivity contribution in [3.8, 4) is 34.1 Å². The van der Waals surface area contributed by atoms with Gasteiger partial charge in [0.2, 0.25) is 0 Å². The molecule has 1 amide bonds. The molecule has 0 aromatic heterocycles. The molecule has 5 N–H and O–H groups in total. The van der Waals surface area contributed by atoms with E-state index in [1.54, 1.807) is 24.3 Å². The number of nitrogens with one attached hydrogen (secondary N) is 2. The molecule has 4 rings (SSSR count). The van der Waals surface area contributed by atoms with Gasteiger partial charge in [-0.15, -0.1) is 0 Å². The summed E-state index contributed by atoms with van der Waals surface area (Å²) in [5.41, 5.74) is 2.22. The molecule has 0 saturated heterocycles. The molecular weight excluding hydrogens is 376 g/mol. The molecule has 1 aliphatic heterocycles. The van der Waals surface area contributed by atoms with Crippen molar-refractivity contribution in [3.05, 3.63) is 59.7 Å². The lowest BCUT2D eigenvalue weighted by Crippen LogP contribution is -2.19. The summed E-state index contributed by atoms with van der Waals surface area (Å²) in [6.07, 6.45) is 0. The van der Waals surface area contributed by atoms with Crippen molar-refractivity contribution in [3.63, 3.8) is 0 Å². The number of anilines is 2. The fourth-order valence-corrected chi connectivity index (χ4v) is 3.12. The third-order valence-corrected chi connectivity index (χ3v) is 4.59. The Morgan fingerprint density at radius 2 is 1.66 bits per heavy atom. The van der Waals surface area contributed by atoms with Gasteiger partial charge in [-0.3, -0.25) is 4.79 Å². The highest BCUT2D eigenvalue weighted by molar-refractivity contribution is 6.03. The van der Waals surface area contributed by atoms with Crippen LogP contribution in [0.25, 0.3) is 11.1 Å². The Kier molecular flexibility index (Phi) is 4.23. The van der Waals surface area contributed by atoms with Crippen molar-refractivity contribution in [2.75, 3.05) is 12.4 Å². The Morgan fingerprint density at radius 1 is 0.931 bits per heavy atom. The van der Waals surface area contributed by atoms with Crippen LogP contribution >= 0.6 is 0 Å². The van der Waals surface area contributed by atoms with E-state index in [0.29, 0.717) is 17.0 Å². The first-order valence-corrected chi connectivity index (χ1v) is 8.62. The van der Waals surface area contributed by atoms with Gasteiger partial charge in [-0.05, 0) is 47.5 Å². The molecule has 29 heavy (non-hydrogen) atoms. The van der Waals surface area contributed by atoms with E-state index in [-0.39, 0.29) is 34.1 Å². The first-order chi connectivity index (χ1) is 13.9. The minimum Gasteiger partial charge on any atom is -0.504 e. The maximum absolute atomic E-state index is 12.0. The monoisotopic (exact) mass is 392 g/mol. The molecule has 1 heterocycles. The van der Waals surface area contributed by atoms with Gasteiger partial charge in [-0.2, -0.15) is 0 Å². The number of amides is 1. The lowest BCUT2D eigenvalue weighted by Gasteiger charge is -2.24. The number of phenols is 2. The predicted octanol–water partition coefficient (Wildman–Crippen LogP) is 3.67. The third-order valence-electron chi connectivity index (χ3n) is 4.59. The van der Waals surface area contributed by atoms with Gasteiger partial charge in [-0.1, -0.05) is 12.1 Å². The van der Waals surface area contributed by atoms with Crippen molar-refractivity contribution >= 4 is 23.3 Å². The van der Waals surface area contributed by atoms with E-state index in [4.69, 9.17) is 4.74 Å². The Bertz CT molecular complexity index is 1170. The molecule has 0 fully saturated rings. The maximum Gasteiger partial charge on any atom is 0.337 e. The van der Waals surface area contributed by atoms with Crippen LogP contribution in [0.5, 0.6) is 23.0 Å². The number of carboxylic acids is 1. The van der Waals surface area contributed by atoms with Gasteiger partial charge >= 0.3 is 5.97 Å². The number of phenolic OH excluding ortho intramolecular Hbond substituents is 2. The van der Waals surface area contributed by atoms with E-state index in [9.17, 15) is 24.9 Å². The zero-order valence-electron chi connectivity index (χ0n) is 15.2. The summed E-state index contributed by atoms with van der Waals surface area (Å²) >= 11 is 0. The van der Waals surface area contributed by atoms with Crippen LogP contribution in [-0.4, -0.2) is 34.2 Å². The van der Waals surface area contributed by atoms with Gasteiger partial charge in [0, 0.05) is 12.6 Å². The maximum atomic E-state index is 12.0. The van der Waals surface area contributed by atoms with E-state index in [0.717, 1.165) is 5.56 Å². The van der Waals surface area contributed by atoms with Gasteiger partial charge in [0.1, 0.15) is 0 Å². The van der Waals surface area contributed by atoms with Crippen molar-refractivity contribution in [1.29, 1.82) is 0 Å². The van der Waals surface area contributed by atoms with Crippen molar-refractivity contribution < 1.29 is 29.6 Å². The summed E-state index contributed by atoms with van der Waals surface area (Å²) in [6, 6.07) is 12.4. The number of benzene rings is 3. The lowest BCUT2D eigenvalue weighted by atomic mass is 10.0. The van der Waals surface area contributed by atoms with E-state index in [1.165, 1.54) is 31.3 Å². The van der Waals surface area contributed by atoms with E-state index in [1.807, 2.05) is 0 Å². The summed E-state index contributed by atoms with van der Waals surface area (Å²) in [5, 5.41) is 34.3. The molecule has 8 nitrogen and oxygen atoms in total. The van der Waals surface area contributed by atoms with Gasteiger partial charge in [0.05, 0.1) is 16.9 Å². The molecule has 0 radical (unpaired) electrons. The Morgan fingerprint density at radius 3 is 2.34 bits per heavy atom. The molecule has 0 atom stereocenters. The molecule has 0 aliphatic carbocycles. The number of carboxylic acid groups (broad SMARTS) is 1. The first-order valence-electron chi connectivity index (χ1n) is 8.62. The molecule has 0 unspecified atom stereocenters. The molecule has 3 aromatic rings. The number of aromatic hydroxyl groups is 2. The molecule has 0 spiro atoms. The number of ether oxygens (including phenoxy) is 1. The smallest absolute Gasteiger partial charge is 0.337 e. The van der Waals surface area contributed by atoms with Crippen molar-refractivity contribution in [1.82, 2.24) is 5.32 Å². The Balaban J connectivity index is 1.78. The quantitative estimate of drug-likeness (QED) is 0.337. The van der Waals surface area contributed by atoms with Crippen LogP contribution in [0, 0.1) is 0 Å². The van der Waals surface area contributed by atoms with Gasteiger partial charge in [-0.25, -0.2) is 4.79 Å². The number of hydrogen-bond acceptors (Lipinski definition) is 6. The highest BCUT2D eigenvalue weighted by atomic mass is 16.5. The fourth-order valence-electron chi connectivity index (χ4n) is 3.12. The van der Waals surface area contributed by atoms with Crippen LogP contribution in [0.3, 0.4) is 0 Å². The van der Waals surface area contributed by atoms with E-state index >= 15 is 0 Å². The minimum absolute atomic E-state index is 0.0977. The van der Waals surface area contributed by atoms with Crippen molar-refractivity contribution in [2.24, 2.45) is 0 Å². The zero-order chi connectivity index (χ0) is 20.7. The molecule has 146 valence electrons. The second-order valence-corrected chi connectivity index (χ2v) is 6.42. The summed E-state index contributed by atoms with van der Waals surface area (Å²) in [7, 11) is 1.46. The highest BCUT2D eigenvalue weighted by Crippen LogP contribution is 2.46. The minimum atomic E-state index is -1.20. The van der Waals surface area contributed by atoms with E-state index < -0.39 is 11.9 Å². The molecule has 0 saturated carbocycles. The zero-order valence-corrected chi connectivity index (χ0v) is 15.2. The second kappa shape index (κ2) is 6.75. The molecule has 0 bridgehead atoms. The average Bonchev–Trinajstić information content (AvgIpc) is 2.72. The summed E-state index contributed by atoms with van der Waals surface area (Å²) < 4.78 is 5.84. The van der Waals surface area contributed by atoms with E-state index in [2.05, 4.69) is 10.6 Å². The summed E-state index contributed by atoms with van der Waals surface area (Å²) in [6.45, 7) is 0. The van der Waals surface area contributed by atoms with Crippen molar-refractivity contribution in [2.45, 2.75) is 0 Å². The van der Waals surface area contributed by atoms with Gasteiger partial charge in [0.15, 0.2) is 23.0 Å². The average molecular weight is 392 g/mol. The highest BCUT2D eigenvalue weighted by Gasteiger charge is 2.25. The number of carbonyl (C=O) groups is 2. The third kappa shape index (κ3) is 3.16. The summed E-state index contributed by atoms with van der Waals surface area (Å²) in [4.78, 5) is 23.7. The topological polar surface area (TPSA) is 128 Å². The number of hydrogen-bond donors (Lipinski definition) is 5. The van der Waals surface area contributed by atoms with Crippen LogP contribution < -0.4 is 15.4 Å². The molecule has 8 heteroatoms. The number of carbonyl (C=O) groups excluding carboxylic acids is 1.